The first-order chi connectivity index (χ1) is 13.7. The number of methoxy groups -OCH3 is 1. The average Bonchev–Trinajstić information content (AvgIpc) is 3.47. The van der Waals surface area contributed by atoms with Crippen LogP contribution in [0, 0.1) is 6.92 Å². The number of anilines is 1. The van der Waals surface area contributed by atoms with Gasteiger partial charge in [0.2, 0.25) is 0 Å². The van der Waals surface area contributed by atoms with Gasteiger partial charge in [0.25, 0.3) is 0 Å². The minimum absolute atomic E-state index is 0.212. The van der Waals surface area contributed by atoms with E-state index in [0.717, 1.165) is 41.9 Å². The van der Waals surface area contributed by atoms with Crippen LogP contribution < -0.4 is 15.0 Å². The van der Waals surface area contributed by atoms with Gasteiger partial charge < -0.3 is 15.0 Å². The Hall–Kier alpha value is -2.38. The van der Waals surface area contributed by atoms with Crippen LogP contribution in [-0.2, 0) is 6.54 Å². The second-order valence-electron chi connectivity index (χ2n) is 7.20. The molecule has 1 N–H and O–H groups in total. The molecule has 1 fully saturated rings. The Morgan fingerprint density at radius 1 is 1.18 bits per heavy atom. The topological polar surface area (TPSA) is 55.2 Å². The summed E-state index contributed by atoms with van der Waals surface area (Å²) in [6.45, 7) is 7.40. The molecule has 1 aliphatic rings. The number of benzene rings is 1. The lowest BCUT2D eigenvalue weighted by Gasteiger charge is -2.14. The van der Waals surface area contributed by atoms with Crippen molar-refractivity contribution in [2.75, 3.05) is 25.1 Å². The van der Waals surface area contributed by atoms with Gasteiger partial charge >= 0.3 is 0 Å². The largest absolute Gasteiger partial charge is 0.497 e. The Balaban J connectivity index is 1.41. The number of nitrogens with one attached hydrogen (secondary N) is 1. The molecular formula is C21H27N5OS. The molecular weight excluding hydrogens is 370 g/mol. The first-order valence-corrected chi connectivity index (χ1v) is 10.6. The van der Waals surface area contributed by atoms with Gasteiger partial charge in [-0.1, -0.05) is 0 Å². The molecule has 7 heteroatoms. The van der Waals surface area contributed by atoms with E-state index >= 15 is 0 Å². The summed E-state index contributed by atoms with van der Waals surface area (Å²) >= 11 is 1.80. The lowest BCUT2D eigenvalue weighted by Crippen LogP contribution is -2.18. The molecule has 3 heterocycles. The summed E-state index contributed by atoms with van der Waals surface area (Å²) < 4.78 is 7.22. The van der Waals surface area contributed by atoms with Gasteiger partial charge in [-0.15, -0.1) is 11.3 Å². The number of hydrogen-bond donors (Lipinski definition) is 1. The van der Waals surface area contributed by atoms with Gasteiger partial charge in [-0.25, -0.2) is 9.67 Å². The molecule has 3 aromatic rings. The molecule has 28 heavy (non-hydrogen) atoms. The van der Waals surface area contributed by atoms with Crippen LogP contribution in [0.2, 0.25) is 0 Å². The van der Waals surface area contributed by atoms with Gasteiger partial charge in [-0.2, -0.15) is 5.10 Å². The number of hydrogen-bond acceptors (Lipinski definition) is 6. The highest BCUT2D eigenvalue weighted by Crippen LogP contribution is 2.27. The fourth-order valence-corrected chi connectivity index (χ4v) is 4.54. The van der Waals surface area contributed by atoms with E-state index in [1.807, 2.05) is 41.3 Å². The summed E-state index contributed by atoms with van der Waals surface area (Å²) in [6, 6.07) is 8.18. The maximum Gasteiger partial charge on any atom is 0.185 e. The van der Waals surface area contributed by atoms with Gasteiger partial charge in [-0.3, -0.25) is 0 Å². The fourth-order valence-electron chi connectivity index (χ4n) is 3.63. The highest BCUT2D eigenvalue weighted by molar-refractivity contribution is 7.15. The standard InChI is InChI=1S/C21H27N5OS/c1-15(22-12-19-13-23-21(28-19)25-10-4-5-11-25)20-14-24-26(16(20)2)17-6-8-18(27-3)9-7-17/h6-9,13-15,22H,4-5,10-12H2,1-3H3. The molecule has 0 aliphatic carbocycles. The second kappa shape index (κ2) is 8.32. The summed E-state index contributed by atoms with van der Waals surface area (Å²) in [5.74, 6) is 0.849. The van der Waals surface area contributed by atoms with Crippen molar-refractivity contribution in [3.05, 3.63) is 52.8 Å². The van der Waals surface area contributed by atoms with E-state index in [0.29, 0.717) is 0 Å². The van der Waals surface area contributed by atoms with E-state index in [1.54, 1.807) is 18.4 Å². The zero-order valence-electron chi connectivity index (χ0n) is 16.7. The fraction of sp³-hybridized carbons (Fsp3) is 0.429. The van der Waals surface area contributed by atoms with Gasteiger partial charge in [0, 0.05) is 48.0 Å². The minimum Gasteiger partial charge on any atom is -0.497 e. The Kier molecular flexibility index (Phi) is 5.64. The molecule has 0 amide bonds. The third-order valence-corrected chi connectivity index (χ3v) is 6.39. The Morgan fingerprint density at radius 2 is 1.93 bits per heavy atom. The molecule has 0 bridgehead atoms. The van der Waals surface area contributed by atoms with Gasteiger partial charge in [0.05, 0.1) is 19.0 Å². The zero-order chi connectivity index (χ0) is 19.5. The van der Waals surface area contributed by atoms with Crippen LogP contribution in [0.15, 0.2) is 36.7 Å². The SMILES string of the molecule is COc1ccc(-n2ncc(C(C)NCc3cnc(N4CCCC4)s3)c2C)cc1. The number of nitrogens with zero attached hydrogens (tertiary/aromatic N) is 4. The lowest BCUT2D eigenvalue weighted by molar-refractivity contribution is 0.414. The molecule has 1 saturated heterocycles. The molecule has 0 spiro atoms. The van der Waals surface area contributed by atoms with Crippen molar-refractivity contribution in [2.24, 2.45) is 0 Å². The van der Waals surface area contributed by atoms with Gasteiger partial charge in [0.1, 0.15) is 5.75 Å². The molecule has 6 nitrogen and oxygen atoms in total. The van der Waals surface area contributed by atoms with E-state index in [-0.39, 0.29) is 6.04 Å². The van der Waals surface area contributed by atoms with Crippen LogP contribution in [0.3, 0.4) is 0 Å². The predicted octanol–water partition coefficient (Wildman–Crippen LogP) is 4.10. The summed E-state index contributed by atoms with van der Waals surface area (Å²) in [5, 5.41) is 9.37. The third kappa shape index (κ3) is 3.91. The first kappa shape index (κ1) is 19.0. The van der Waals surface area contributed by atoms with Crippen molar-refractivity contribution >= 4 is 16.5 Å². The highest BCUT2D eigenvalue weighted by atomic mass is 32.1. The predicted molar refractivity (Wildman–Crippen MR) is 114 cm³/mol. The van der Waals surface area contributed by atoms with E-state index < -0.39 is 0 Å². The second-order valence-corrected chi connectivity index (χ2v) is 8.29. The van der Waals surface area contributed by atoms with E-state index in [2.05, 4.69) is 34.1 Å². The smallest absolute Gasteiger partial charge is 0.185 e. The normalized spacial score (nSPS) is 15.2. The Labute approximate surface area is 170 Å². The van der Waals surface area contributed by atoms with Crippen LogP contribution >= 0.6 is 11.3 Å². The molecule has 1 aromatic carbocycles. The number of rotatable bonds is 7. The van der Waals surface area contributed by atoms with E-state index in [4.69, 9.17) is 4.74 Å². The van der Waals surface area contributed by atoms with Crippen molar-refractivity contribution in [3.8, 4) is 11.4 Å². The first-order valence-electron chi connectivity index (χ1n) is 9.77. The van der Waals surface area contributed by atoms with Crippen molar-refractivity contribution in [1.29, 1.82) is 0 Å². The van der Waals surface area contributed by atoms with Gasteiger partial charge in [-0.05, 0) is 51.0 Å². The summed E-state index contributed by atoms with van der Waals surface area (Å²) in [6.07, 6.45) is 6.52. The molecule has 148 valence electrons. The third-order valence-electron chi connectivity index (χ3n) is 5.33. The van der Waals surface area contributed by atoms with Gasteiger partial charge in [0.15, 0.2) is 5.13 Å². The maximum absolute atomic E-state index is 5.24. The van der Waals surface area contributed by atoms with Crippen molar-refractivity contribution in [1.82, 2.24) is 20.1 Å². The van der Waals surface area contributed by atoms with E-state index in [9.17, 15) is 0 Å². The van der Waals surface area contributed by atoms with Crippen molar-refractivity contribution in [2.45, 2.75) is 39.3 Å². The average molecular weight is 398 g/mol. The summed E-state index contributed by atoms with van der Waals surface area (Å²) in [7, 11) is 1.68. The highest BCUT2D eigenvalue weighted by Gasteiger charge is 2.17. The number of ether oxygens (including phenoxy) is 1. The lowest BCUT2D eigenvalue weighted by atomic mass is 10.1. The Morgan fingerprint density at radius 3 is 2.64 bits per heavy atom. The quantitative estimate of drug-likeness (QED) is 0.651. The van der Waals surface area contributed by atoms with Crippen molar-refractivity contribution in [3.63, 3.8) is 0 Å². The van der Waals surface area contributed by atoms with E-state index in [1.165, 1.54) is 23.3 Å². The maximum atomic E-state index is 5.24. The summed E-state index contributed by atoms with van der Waals surface area (Å²) in [5.41, 5.74) is 3.39. The molecule has 4 rings (SSSR count). The van der Waals surface area contributed by atoms with Crippen LogP contribution in [0.1, 0.15) is 41.9 Å². The van der Waals surface area contributed by atoms with Crippen LogP contribution in [0.5, 0.6) is 5.75 Å². The molecule has 1 atom stereocenters. The molecule has 0 radical (unpaired) electrons. The Bertz CT molecular complexity index is 911. The van der Waals surface area contributed by atoms with Crippen LogP contribution in [0.4, 0.5) is 5.13 Å². The number of aromatic nitrogens is 3. The van der Waals surface area contributed by atoms with Crippen LogP contribution in [-0.4, -0.2) is 35.0 Å². The van der Waals surface area contributed by atoms with Crippen LogP contribution in [0.25, 0.3) is 5.69 Å². The minimum atomic E-state index is 0.212. The monoisotopic (exact) mass is 397 g/mol. The number of thiazole rings is 1. The molecule has 1 unspecified atom stereocenters. The zero-order valence-corrected chi connectivity index (χ0v) is 17.5. The van der Waals surface area contributed by atoms with Crippen molar-refractivity contribution < 1.29 is 4.74 Å². The molecule has 1 aliphatic heterocycles. The molecule has 0 saturated carbocycles. The summed E-state index contributed by atoms with van der Waals surface area (Å²) in [4.78, 5) is 8.26. The molecule has 2 aromatic heterocycles.